The van der Waals surface area contributed by atoms with Crippen molar-refractivity contribution in [3.8, 4) is 11.5 Å². The molecule has 1 unspecified atom stereocenters. The zero-order valence-corrected chi connectivity index (χ0v) is 16.6. The van der Waals surface area contributed by atoms with Crippen LogP contribution in [0, 0.1) is 0 Å². The number of carbonyl (C=O) groups is 1. The fourth-order valence-corrected chi connectivity index (χ4v) is 3.22. The Morgan fingerprint density at radius 1 is 0.900 bits per heavy atom. The van der Waals surface area contributed by atoms with Gasteiger partial charge in [0.1, 0.15) is 6.04 Å². The van der Waals surface area contributed by atoms with E-state index in [4.69, 9.17) is 4.42 Å². The van der Waals surface area contributed by atoms with Crippen LogP contribution < -0.4 is 10.6 Å². The van der Waals surface area contributed by atoms with Crippen molar-refractivity contribution in [2.75, 3.05) is 5.32 Å². The van der Waals surface area contributed by atoms with Gasteiger partial charge in [-0.3, -0.25) is 0 Å². The summed E-state index contributed by atoms with van der Waals surface area (Å²) in [6.07, 6.45) is 0.822. The van der Waals surface area contributed by atoms with Crippen molar-refractivity contribution in [3.05, 3.63) is 102 Å². The molecule has 0 bridgehead atoms. The number of hydrogen-bond acceptors (Lipinski definition) is 4. The van der Waals surface area contributed by atoms with E-state index in [-0.39, 0.29) is 6.03 Å². The molecule has 0 aliphatic heterocycles. The van der Waals surface area contributed by atoms with Crippen LogP contribution in [0.2, 0.25) is 0 Å². The van der Waals surface area contributed by atoms with E-state index in [1.807, 2.05) is 84.9 Å². The maximum absolute atomic E-state index is 12.8. The van der Waals surface area contributed by atoms with E-state index in [2.05, 4.69) is 27.8 Å². The predicted molar refractivity (Wildman–Crippen MR) is 116 cm³/mol. The van der Waals surface area contributed by atoms with E-state index < -0.39 is 6.04 Å². The quantitative estimate of drug-likeness (QED) is 0.467. The van der Waals surface area contributed by atoms with Crippen molar-refractivity contribution < 1.29 is 9.21 Å². The van der Waals surface area contributed by atoms with E-state index in [0.717, 1.165) is 28.8 Å². The van der Waals surface area contributed by atoms with E-state index in [0.29, 0.717) is 11.8 Å². The molecule has 0 saturated carbocycles. The first kappa shape index (κ1) is 19.4. The second-order valence-electron chi connectivity index (χ2n) is 6.76. The third-order valence-electron chi connectivity index (χ3n) is 4.76. The van der Waals surface area contributed by atoms with Crippen LogP contribution in [-0.2, 0) is 6.42 Å². The Hall–Kier alpha value is -3.93. The van der Waals surface area contributed by atoms with Crippen molar-refractivity contribution in [3.63, 3.8) is 0 Å². The van der Waals surface area contributed by atoms with Crippen LogP contribution in [-0.4, -0.2) is 16.2 Å². The summed E-state index contributed by atoms with van der Waals surface area (Å²) < 4.78 is 5.92. The highest BCUT2D eigenvalue weighted by Gasteiger charge is 2.23. The van der Waals surface area contributed by atoms with Crippen molar-refractivity contribution in [2.24, 2.45) is 0 Å². The van der Waals surface area contributed by atoms with E-state index in [1.165, 1.54) is 0 Å². The summed E-state index contributed by atoms with van der Waals surface area (Å²) in [5.41, 5.74) is 3.51. The Morgan fingerprint density at radius 2 is 1.57 bits per heavy atom. The van der Waals surface area contributed by atoms with Crippen LogP contribution >= 0.6 is 0 Å². The Kier molecular flexibility index (Phi) is 5.85. The monoisotopic (exact) mass is 398 g/mol. The number of anilines is 1. The third kappa shape index (κ3) is 4.38. The number of para-hydroxylation sites is 1. The molecule has 0 fully saturated rings. The summed E-state index contributed by atoms with van der Waals surface area (Å²) in [5.74, 6) is 0.726. The van der Waals surface area contributed by atoms with Crippen molar-refractivity contribution in [1.82, 2.24) is 15.5 Å². The van der Waals surface area contributed by atoms with Crippen molar-refractivity contribution in [2.45, 2.75) is 19.4 Å². The van der Waals surface area contributed by atoms with Gasteiger partial charge in [0.2, 0.25) is 11.8 Å². The lowest BCUT2D eigenvalue weighted by atomic mass is 10.1. The Morgan fingerprint density at radius 3 is 2.30 bits per heavy atom. The molecule has 0 spiro atoms. The fourth-order valence-electron chi connectivity index (χ4n) is 3.22. The van der Waals surface area contributed by atoms with E-state index in [1.54, 1.807) is 0 Å². The standard InChI is InChI=1S/C24H22N4O2/c1-2-17-11-9-10-16-20(17)25-24(29)26-21(18-12-5-3-6-13-18)23-28-27-22(30-23)19-14-7-4-8-15-19/h3-16,21H,2H2,1H3,(H2,25,26,29). The lowest BCUT2D eigenvalue weighted by Gasteiger charge is -2.17. The molecule has 1 heterocycles. The van der Waals surface area contributed by atoms with Gasteiger partial charge in [0, 0.05) is 11.3 Å². The molecule has 4 rings (SSSR count). The Bertz CT molecular complexity index is 1110. The molecule has 30 heavy (non-hydrogen) atoms. The smallest absolute Gasteiger partial charge is 0.320 e. The van der Waals surface area contributed by atoms with Crippen molar-refractivity contribution >= 4 is 11.7 Å². The molecule has 4 aromatic rings. The van der Waals surface area contributed by atoms with Gasteiger partial charge in [-0.05, 0) is 35.7 Å². The first-order valence-electron chi connectivity index (χ1n) is 9.83. The topological polar surface area (TPSA) is 80.0 Å². The summed E-state index contributed by atoms with van der Waals surface area (Å²) in [7, 11) is 0. The molecule has 1 aromatic heterocycles. The molecule has 2 amide bonds. The van der Waals surface area contributed by atoms with Crippen LogP contribution in [0.4, 0.5) is 10.5 Å². The summed E-state index contributed by atoms with van der Waals surface area (Å²) in [6, 6.07) is 25.9. The van der Waals surface area contributed by atoms with Gasteiger partial charge in [-0.2, -0.15) is 0 Å². The number of amides is 2. The zero-order valence-electron chi connectivity index (χ0n) is 16.6. The Labute approximate surface area is 175 Å². The molecule has 150 valence electrons. The number of rotatable bonds is 6. The van der Waals surface area contributed by atoms with E-state index >= 15 is 0 Å². The highest BCUT2D eigenvalue weighted by Crippen LogP contribution is 2.25. The number of nitrogens with one attached hydrogen (secondary N) is 2. The van der Waals surface area contributed by atoms with Gasteiger partial charge >= 0.3 is 6.03 Å². The lowest BCUT2D eigenvalue weighted by Crippen LogP contribution is -2.33. The molecule has 0 radical (unpaired) electrons. The molecular formula is C24H22N4O2. The summed E-state index contributed by atoms with van der Waals surface area (Å²) in [6.45, 7) is 2.05. The molecule has 0 saturated heterocycles. The van der Waals surface area contributed by atoms with Gasteiger partial charge in [0.15, 0.2) is 0 Å². The summed E-state index contributed by atoms with van der Waals surface area (Å²) in [4.78, 5) is 12.8. The molecule has 0 aliphatic rings. The van der Waals surface area contributed by atoms with Gasteiger partial charge < -0.3 is 15.1 Å². The molecule has 3 aromatic carbocycles. The minimum Gasteiger partial charge on any atom is -0.418 e. The minimum absolute atomic E-state index is 0.318. The van der Waals surface area contributed by atoms with E-state index in [9.17, 15) is 4.79 Å². The van der Waals surface area contributed by atoms with Gasteiger partial charge in [-0.15, -0.1) is 10.2 Å². The third-order valence-corrected chi connectivity index (χ3v) is 4.76. The Balaban J connectivity index is 1.60. The highest BCUT2D eigenvalue weighted by molar-refractivity contribution is 5.90. The molecule has 6 heteroatoms. The number of benzene rings is 3. The van der Waals surface area contributed by atoms with Crippen LogP contribution in [0.5, 0.6) is 0 Å². The SMILES string of the molecule is CCc1ccccc1NC(=O)NC(c1ccccc1)c1nnc(-c2ccccc2)o1. The summed E-state index contributed by atoms with van der Waals surface area (Å²) in [5, 5.41) is 14.3. The van der Waals surface area contributed by atoms with Crippen LogP contribution in [0.15, 0.2) is 89.3 Å². The number of hydrogen-bond donors (Lipinski definition) is 2. The lowest BCUT2D eigenvalue weighted by molar-refractivity contribution is 0.248. The number of nitrogens with zero attached hydrogens (tertiary/aromatic N) is 2. The minimum atomic E-state index is -0.579. The largest absolute Gasteiger partial charge is 0.418 e. The van der Waals surface area contributed by atoms with Gasteiger partial charge in [0.25, 0.3) is 0 Å². The average molecular weight is 398 g/mol. The predicted octanol–water partition coefficient (Wildman–Crippen LogP) is 5.21. The summed E-state index contributed by atoms with van der Waals surface area (Å²) >= 11 is 0. The maximum Gasteiger partial charge on any atom is 0.320 e. The van der Waals surface area contributed by atoms with Gasteiger partial charge in [0.05, 0.1) is 0 Å². The first-order chi connectivity index (χ1) is 14.7. The molecule has 0 aliphatic carbocycles. The highest BCUT2D eigenvalue weighted by atomic mass is 16.4. The number of aromatic nitrogens is 2. The van der Waals surface area contributed by atoms with Crippen molar-refractivity contribution in [1.29, 1.82) is 0 Å². The normalized spacial score (nSPS) is 11.6. The first-order valence-corrected chi connectivity index (χ1v) is 9.83. The average Bonchev–Trinajstić information content (AvgIpc) is 3.29. The second-order valence-corrected chi connectivity index (χ2v) is 6.76. The molecule has 1 atom stereocenters. The second kappa shape index (κ2) is 9.05. The zero-order chi connectivity index (χ0) is 20.8. The fraction of sp³-hybridized carbons (Fsp3) is 0.125. The molecular weight excluding hydrogens is 376 g/mol. The number of urea groups is 1. The van der Waals surface area contributed by atoms with Crippen LogP contribution in [0.3, 0.4) is 0 Å². The molecule has 6 nitrogen and oxygen atoms in total. The van der Waals surface area contributed by atoms with Gasteiger partial charge in [-0.25, -0.2) is 4.79 Å². The maximum atomic E-state index is 12.8. The van der Waals surface area contributed by atoms with Crippen LogP contribution in [0.1, 0.15) is 30.0 Å². The molecule has 2 N–H and O–H groups in total. The number of aryl methyl sites for hydroxylation is 1. The number of carbonyl (C=O) groups excluding carboxylic acids is 1. The van der Waals surface area contributed by atoms with Gasteiger partial charge in [-0.1, -0.05) is 73.7 Å². The van der Waals surface area contributed by atoms with Crippen LogP contribution in [0.25, 0.3) is 11.5 Å².